The maximum absolute atomic E-state index is 14.5. The molecule has 1 fully saturated rings. The van der Waals surface area contributed by atoms with Crippen LogP contribution in [0.2, 0.25) is 0 Å². The lowest BCUT2D eigenvalue weighted by molar-refractivity contribution is 0.0879. The van der Waals surface area contributed by atoms with Crippen LogP contribution < -0.4 is 4.90 Å². The van der Waals surface area contributed by atoms with E-state index < -0.39 is 24.0 Å². The van der Waals surface area contributed by atoms with Crippen LogP contribution in [-0.2, 0) is 0 Å². The number of aryl methyl sites for hydroxylation is 2. The standard InChI is InChI=1S/C19H17F4N5/c1-9-10(2)25-18-16(24-9)15(13-4-3-12(20)7-14(13)21)26-19(27-18)28-6-5-11(8-28)17(22)23/h3-4,7,11,17H,5-6,8H2,1-2H3/t11-/m1/s1. The Morgan fingerprint density at radius 1 is 1.04 bits per heavy atom. The lowest BCUT2D eigenvalue weighted by Crippen LogP contribution is -2.24. The lowest BCUT2D eigenvalue weighted by Gasteiger charge is -2.18. The van der Waals surface area contributed by atoms with Crippen LogP contribution in [0.15, 0.2) is 18.2 Å². The van der Waals surface area contributed by atoms with E-state index >= 15 is 0 Å². The minimum atomic E-state index is -2.43. The van der Waals surface area contributed by atoms with Gasteiger partial charge in [-0.25, -0.2) is 32.5 Å². The van der Waals surface area contributed by atoms with Crippen molar-refractivity contribution in [3.63, 3.8) is 0 Å². The number of nitrogens with zero attached hydrogens (tertiary/aromatic N) is 5. The van der Waals surface area contributed by atoms with Crippen LogP contribution in [0.3, 0.4) is 0 Å². The third-order valence-corrected chi connectivity index (χ3v) is 4.98. The van der Waals surface area contributed by atoms with Crippen LogP contribution in [0.25, 0.3) is 22.4 Å². The molecule has 28 heavy (non-hydrogen) atoms. The van der Waals surface area contributed by atoms with Gasteiger partial charge in [0, 0.05) is 30.6 Å². The van der Waals surface area contributed by atoms with Crippen LogP contribution in [0.5, 0.6) is 0 Å². The molecule has 3 aromatic rings. The zero-order chi connectivity index (χ0) is 20.0. The smallest absolute Gasteiger partial charge is 0.243 e. The number of aromatic nitrogens is 4. The first-order chi connectivity index (χ1) is 13.3. The summed E-state index contributed by atoms with van der Waals surface area (Å²) in [6.07, 6.45) is -2.11. The summed E-state index contributed by atoms with van der Waals surface area (Å²) in [6.45, 7) is 4.00. The average Bonchev–Trinajstić information content (AvgIpc) is 3.13. The van der Waals surface area contributed by atoms with Gasteiger partial charge in [-0.1, -0.05) is 0 Å². The third-order valence-electron chi connectivity index (χ3n) is 4.98. The van der Waals surface area contributed by atoms with E-state index in [-0.39, 0.29) is 34.9 Å². The second-order valence-corrected chi connectivity index (χ2v) is 6.89. The number of hydrogen-bond donors (Lipinski definition) is 0. The molecular weight excluding hydrogens is 374 g/mol. The first-order valence-electron chi connectivity index (χ1n) is 8.85. The normalized spacial score (nSPS) is 17.1. The quantitative estimate of drug-likeness (QED) is 0.630. The van der Waals surface area contributed by atoms with Crippen molar-refractivity contribution in [1.29, 1.82) is 0 Å². The fraction of sp³-hybridized carbons (Fsp3) is 0.368. The molecule has 0 spiro atoms. The summed E-state index contributed by atoms with van der Waals surface area (Å²) in [5, 5.41) is 0. The van der Waals surface area contributed by atoms with Gasteiger partial charge in [-0.2, -0.15) is 4.98 Å². The van der Waals surface area contributed by atoms with Crippen molar-refractivity contribution in [1.82, 2.24) is 19.9 Å². The maximum atomic E-state index is 14.5. The molecule has 146 valence electrons. The fourth-order valence-corrected chi connectivity index (χ4v) is 3.29. The molecule has 0 bridgehead atoms. The highest BCUT2D eigenvalue weighted by atomic mass is 19.3. The molecule has 0 saturated carbocycles. The van der Waals surface area contributed by atoms with Crippen LogP contribution in [0, 0.1) is 31.4 Å². The molecule has 1 aliphatic rings. The molecule has 1 atom stereocenters. The van der Waals surface area contributed by atoms with Crippen molar-refractivity contribution < 1.29 is 17.6 Å². The van der Waals surface area contributed by atoms with Crippen LogP contribution in [-0.4, -0.2) is 39.5 Å². The predicted molar refractivity (Wildman–Crippen MR) is 96.3 cm³/mol. The Morgan fingerprint density at radius 2 is 1.79 bits per heavy atom. The number of halogens is 4. The second-order valence-electron chi connectivity index (χ2n) is 6.89. The summed E-state index contributed by atoms with van der Waals surface area (Å²) in [4.78, 5) is 19.3. The molecule has 0 amide bonds. The molecular formula is C19H17F4N5. The molecule has 0 unspecified atom stereocenters. The predicted octanol–water partition coefficient (Wildman–Crippen LogP) is 4.07. The summed E-state index contributed by atoms with van der Waals surface area (Å²) in [5.74, 6) is -2.09. The van der Waals surface area contributed by atoms with Gasteiger partial charge >= 0.3 is 0 Å². The monoisotopic (exact) mass is 391 g/mol. The molecule has 0 N–H and O–H groups in total. The first-order valence-corrected chi connectivity index (χ1v) is 8.85. The molecule has 2 aromatic heterocycles. The number of rotatable bonds is 3. The zero-order valence-corrected chi connectivity index (χ0v) is 15.3. The molecule has 1 aromatic carbocycles. The maximum Gasteiger partial charge on any atom is 0.243 e. The van der Waals surface area contributed by atoms with Gasteiger partial charge in [0.2, 0.25) is 12.4 Å². The van der Waals surface area contributed by atoms with Crippen molar-refractivity contribution in [3.05, 3.63) is 41.2 Å². The van der Waals surface area contributed by atoms with E-state index in [1.807, 2.05) is 0 Å². The van der Waals surface area contributed by atoms with Crippen LogP contribution >= 0.6 is 0 Å². The molecule has 0 aliphatic carbocycles. The third kappa shape index (κ3) is 3.25. The number of alkyl halides is 2. The van der Waals surface area contributed by atoms with E-state index in [2.05, 4.69) is 19.9 Å². The number of hydrogen-bond acceptors (Lipinski definition) is 5. The molecule has 4 rings (SSSR count). The average molecular weight is 391 g/mol. The minimum Gasteiger partial charge on any atom is -0.340 e. The summed E-state index contributed by atoms with van der Waals surface area (Å²) < 4.78 is 53.9. The molecule has 0 radical (unpaired) electrons. The van der Waals surface area contributed by atoms with Crippen molar-refractivity contribution in [2.24, 2.45) is 5.92 Å². The van der Waals surface area contributed by atoms with Crippen molar-refractivity contribution in [2.45, 2.75) is 26.7 Å². The Kier molecular flexibility index (Phi) is 4.60. The largest absolute Gasteiger partial charge is 0.340 e. The van der Waals surface area contributed by atoms with Gasteiger partial charge in [-0.05, 0) is 32.4 Å². The molecule has 5 nitrogen and oxygen atoms in total. The van der Waals surface area contributed by atoms with Crippen molar-refractivity contribution >= 4 is 17.1 Å². The molecule has 9 heteroatoms. The van der Waals surface area contributed by atoms with Crippen molar-refractivity contribution in [3.8, 4) is 11.3 Å². The lowest BCUT2D eigenvalue weighted by atomic mass is 10.1. The number of benzene rings is 1. The highest BCUT2D eigenvalue weighted by Gasteiger charge is 2.31. The van der Waals surface area contributed by atoms with Gasteiger partial charge in [0.25, 0.3) is 0 Å². The van der Waals surface area contributed by atoms with Crippen LogP contribution in [0.4, 0.5) is 23.5 Å². The summed E-state index contributed by atoms with van der Waals surface area (Å²) >= 11 is 0. The molecule has 1 aliphatic heterocycles. The van der Waals surface area contributed by atoms with E-state index in [4.69, 9.17) is 0 Å². The summed E-state index contributed by atoms with van der Waals surface area (Å²) in [5.41, 5.74) is 2.02. The van der Waals surface area contributed by atoms with E-state index in [9.17, 15) is 17.6 Å². The van der Waals surface area contributed by atoms with E-state index in [1.165, 1.54) is 6.07 Å². The minimum absolute atomic E-state index is 0.0530. The Morgan fingerprint density at radius 3 is 2.46 bits per heavy atom. The van der Waals surface area contributed by atoms with E-state index in [0.29, 0.717) is 24.4 Å². The summed E-state index contributed by atoms with van der Waals surface area (Å²) in [7, 11) is 0. The van der Waals surface area contributed by atoms with Crippen molar-refractivity contribution in [2.75, 3.05) is 18.0 Å². The van der Waals surface area contributed by atoms with Gasteiger partial charge in [-0.15, -0.1) is 0 Å². The second kappa shape index (κ2) is 6.96. The Labute approximate surface area is 158 Å². The molecule has 3 heterocycles. The number of fused-ring (bicyclic) bond motifs is 1. The van der Waals surface area contributed by atoms with Crippen LogP contribution in [0.1, 0.15) is 17.8 Å². The van der Waals surface area contributed by atoms with Gasteiger partial charge in [0.15, 0.2) is 5.65 Å². The van der Waals surface area contributed by atoms with E-state index in [1.54, 1.807) is 18.7 Å². The van der Waals surface area contributed by atoms with Gasteiger partial charge in [0.05, 0.1) is 11.4 Å². The zero-order valence-electron chi connectivity index (χ0n) is 15.3. The van der Waals surface area contributed by atoms with E-state index in [0.717, 1.165) is 12.1 Å². The summed E-state index contributed by atoms with van der Waals surface area (Å²) in [6, 6.07) is 3.17. The fourth-order valence-electron chi connectivity index (χ4n) is 3.29. The Bertz CT molecular complexity index is 1060. The van der Waals surface area contributed by atoms with Gasteiger partial charge < -0.3 is 4.90 Å². The molecule has 1 saturated heterocycles. The van der Waals surface area contributed by atoms with Gasteiger partial charge in [0.1, 0.15) is 22.8 Å². The Balaban J connectivity index is 1.90. The SMILES string of the molecule is Cc1nc2nc(N3CC[C@@H](C(F)F)C3)nc(-c3ccc(F)cc3F)c2nc1C. The highest BCUT2D eigenvalue weighted by molar-refractivity contribution is 5.88. The highest BCUT2D eigenvalue weighted by Crippen LogP contribution is 2.32. The Hall–Kier alpha value is -2.84. The first kappa shape index (κ1) is 18.5. The topological polar surface area (TPSA) is 54.8 Å². The number of anilines is 1. The van der Waals surface area contributed by atoms with Gasteiger partial charge in [-0.3, -0.25) is 0 Å².